The molecule has 0 aromatic heterocycles. The van der Waals surface area contributed by atoms with Gasteiger partial charge in [-0.1, -0.05) is 28.1 Å². The second-order valence-corrected chi connectivity index (χ2v) is 6.05. The molecule has 1 heterocycles. The summed E-state index contributed by atoms with van der Waals surface area (Å²) >= 11 is 3.44. The molecule has 1 aromatic carbocycles. The summed E-state index contributed by atoms with van der Waals surface area (Å²) in [6.45, 7) is 1.12. The highest BCUT2D eigenvalue weighted by Crippen LogP contribution is 2.30. The van der Waals surface area contributed by atoms with E-state index in [4.69, 9.17) is 10.5 Å². The van der Waals surface area contributed by atoms with Crippen molar-refractivity contribution in [1.82, 2.24) is 4.90 Å². The number of methoxy groups -OCH3 is 1. The molecule has 2 unspecified atom stereocenters. The minimum Gasteiger partial charge on any atom is -0.383 e. The van der Waals surface area contributed by atoms with E-state index in [9.17, 15) is 4.79 Å². The molecule has 1 aliphatic rings. The summed E-state index contributed by atoms with van der Waals surface area (Å²) in [7, 11) is 1.65. The number of halogens is 1. The Kier molecular flexibility index (Phi) is 5.57. The van der Waals surface area contributed by atoms with Gasteiger partial charge in [-0.05, 0) is 30.5 Å². The summed E-state index contributed by atoms with van der Waals surface area (Å²) in [4.78, 5) is 14.2. The highest BCUT2D eigenvalue weighted by molar-refractivity contribution is 9.10. The number of hydrogen-bond acceptors (Lipinski definition) is 3. The smallest absolute Gasteiger partial charge is 0.223 e. The van der Waals surface area contributed by atoms with Crippen molar-refractivity contribution in [2.75, 3.05) is 20.3 Å². The molecule has 2 atom stereocenters. The van der Waals surface area contributed by atoms with Gasteiger partial charge in [0.1, 0.15) is 0 Å². The van der Waals surface area contributed by atoms with Gasteiger partial charge in [0.05, 0.1) is 12.6 Å². The third-order valence-electron chi connectivity index (χ3n) is 3.74. The lowest BCUT2D eigenvalue weighted by Gasteiger charge is -2.34. The normalized spacial score (nSPS) is 23.8. The van der Waals surface area contributed by atoms with Crippen LogP contribution in [0.1, 0.15) is 30.9 Å². The zero-order valence-electron chi connectivity index (χ0n) is 11.7. The van der Waals surface area contributed by atoms with Crippen LogP contribution < -0.4 is 5.73 Å². The van der Waals surface area contributed by atoms with E-state index in [0.29, 0.717) is 19.6 Å². The van der Waals surface area contributed by atoms with Gasteiger partial charge in [-0.25, -0.2) is 0 Å². The highest BCUT2D eigenvalue weighted by atomic mass is 79.9. The lowest BCUT2D eigenvalue weighted by Crippen LogP contribution is -2.43. The highest BCUT2D eigenvalue weighted by Gasteiger charge is 2.32. The largest absolute Gasteiger partial charge is 0.383 e. The first kappa shape index (κ1) is 15.5. The van der Waals surface area contributed by atoms with E-state index in [-0.39, 0.29) is 18.0 Å². The Labute approximate surface area is 128 Å². The first-order chi connectivity index (χ1) is 9.63. The summed E-state index contributed by atoms with van der Waals surface area (Å²) in [5.74, 6) is 0.169. The predicted molar refractivity (Wildman–Crippen MR) is 82.3 cm³/mol. The van der Waals surface area contributed by atoms with Crippen molar-refractivity contribution in [1.29, 1.82) is 0 Å². The Morgan fingerprint density at radius 3 is 2.75 bits per heavy atom. The maximum absolute atomic E-state index is 12.3. The Morgan fingerprint density at radius 1 is 1.40 bits per heavy atom. The molecule has 2 rings (SSSR count). The van der Waals surface area contributed by atoms with Crippen LogP contribution in [0.25, 0.3) is 0 Å². The van der Waals surface area contributed by atoms with Crippen molar-refractivity contribution in [3.8, 4) is 0 Å². The minimum absolute atomic E-state index is 0.0283. The zero-order valence-corrected chi connectivity index (χ0v) is 13.3. The maximum Gasteiger partial charge on any atom is 0.223 e. The molecule has 0 spiro atoms. The first-order valence-electron chi connectivity index (χ1n) is 6.93. The van der Waals surface area contributed by atoms with E-state index >= 15 is 0 Å². The molecule has 2 N–H and O–H groups in total. The average molecular weight is 341 g/mol. The summed E-state index contributed by atoms with van der Waals surface area (Å²) in [6, 6.07) is 7.96. The molecule has 0 bridgehead atoms. The SMILES string of the molecule is COCCN1C(=O)CCCC(N)C1c1ccc(Br)cc1. The molecule has 20 heavy (non-hydrogen) atoms. The number of carbonyl (C=O) groups is 1. The maximum atomic E-state index is 12.3. The molecule has 5 heteroatoms. The van der Waals surface area contributed by atoms with Crippen molar-refractivity contribution in [2.24, 2.45) is 5.73 Å². The van der Waals surface area contributed by atoms with Crippen LogP contribution in [0, 0.1) is 0 Å². The fraction of sp³-hybridized carbons (Fsp3) is 0.533. The van der Waals surface area contributed by atoms with Crippen LogP contribution in [0.2, 0.25) is 0 Å². The molecule has 1 amide bonds. The van der Waals surface area contributed by atoms with Crippen LogP contribution in [0.5, 0.6) is 0 Å². The van der Waals surface area contributed by atoms with Gasteiger partial charge in [0.25, 0.3) is 0 Å². The second-order valence-electron chi connectivity index (χ2n) is 5.13. The Hall–Kier alpha value is -0.910. The van der Waals surface area contributed by atoms with Crippen LogP contribution in [0.15, 0.2) is 28.7 Å². The molecular formula is C15H21BrN2O2. The van der Waals surface area contributed by atoms with Crippen LogP contribution >= 0.6 is 15.9 Å². The summed E-state index contributed by atoms with van der Waals surface area (Å²) in [6.07, 6.45) is 2.30. The molecular weight excluding hydrogens is 320 g/mol. The van der Waals surface area contributed by atoms with Crippen LogP contribution in [0.4, 0.5) is 0 Å². The zero-order chi connectivity index (χ0) is 14.5. The number of likely N-dealkylation sites (tertiary alicyclic amines) is 1. The van der Waals surface area contributed by atoms with Gasteiger partial charge < -0.3 is 15.4 Å². The predicted octanol–water partition coefficient (Wildman–Crippen LogP) is 2.48. The van der Waals surface area contributed by atoms with Crippen LogP contribution in [-0.4, -0.2) is 37.1 Å². The second kappa shape index (κ2) is 7.20. The lowest BCUT2D eigenvalue weighted by atomic mass is 9.96. The quantitative estimate of drug-likeness (QED) is 0.915. The third-order valence-corrected chi connectivity index (χ3v) is 4.27. The number of amides is 1. The van der Waals surface area contributed by atoms with Gasteiger partial charge in [-0.2, -0.15) is 0 Å². The number of nitrogens with zero attached hydrogens (tertiary/aromatic N) is 1. The van der Waals surface area contributed by atoms with E-state index in [1.807, 2.05) is 29.2 Å². The number of ether oxygens (including phenoxy) is 1. The molecule has 0 aliphatic carbocycles. The van der Waals surface area contributed by atoms with Crippen molar-refractivity contribution in [2.45, 2.75) is 31.3 Å². The minimum atomic E-state index is -0.0618. The number of benzene rings is 1. The summed E-state index contributed by atoms with van der Waals surface area (Å²) in [5.41, 5.74) is 7.42. The molecule has 110 valence electrons. The lowest BCUT2D eigenvalue weighted by molar-refractivity contribution is -0.134. The third kappa shape index (κ3) is 3.59. The fourth-order valence-corrected chi connectivity index (χ4v) is 2.98. The van der Waals surface area contributed by atoms with E-state index in [2.05, 4.69) is 15.9 Å². The van der Waals surface area contributed by atoms with Gasteiger partial charge in [0.15, 0.2) is 0 Å². The van der Waals surface area contributed by atoms with E-state index < -0.39 is 0 Å². The Bertz CT molecular complexity index is 450. The molecule has 4 nitrogen and oxygen atoms in total. The molecule has 1 aliphatic heterocycles. The van der Waals surface area contributed by atoms with E-state index in [0.717, 1.165) is 22.9 Å². The molecule has 0 saturated carbocycles. The Morgan fingerprint density at radius 2 is 2.10 bits per heavy atom. The number of carbonyl (C=O) groups excluding carboxylic acids is 1. The van der Waals surface area contributed by atoms with Crippen molar-refractivity contribution >= 4 is 21.8 Å². The van der Waals surface area contributed by atoms with E-state index in [1.54, 1.807) is 7.11 Å². The fourth-order valence-electron chi connectivity index (χ4n) is 2.72. The van der Waals surface area contributed by atoms with Crippen LogP contribution in [0.3, 0.4) is 0 Å². The topological polar surface area (TPSA) is 55.6 Å². The van der Waals surface area contributed by atoms with Gasteiger partial charge in [-0.3, -0.25) is 4.79 Å². The van der Waals surface area contributed by atoms with Crippen molar-refractivity contribution in [3.05, 3.63) is 34.3 Å². The molecule has 1 saturated heterocycles. The van der Waals surface area contributed by atoms with Crippen LogP contribution in [-0.2, 0) is 9.53 Å². The molecule has 0 radical (unpaired) electrons. The summed E-state index contributed by atoms with van der Waals surface area (Å²) in [5, 5.41) is 0. The molecule has 1 fully saturated rings. The van der Waals surface area contributed by atoms with Crippen molar-refractivity contribution in [3.63, 3.8) is 0 Å². The standard InChI is InChI=1S/C15H21BrN2O2/c1-20-10-9-18-14(19)4-2-3-13(17)15(18)11-5-7-12(16)8-6-11/h5-8,13,15H,2-4,9-10,17H2,1H3. The van der Waals surface area contributed by atoms with Gasteiger partial charge in [0.2, 0.25) is 5.91 Å². The first-order valence-corrected chi connectivity index (χ1v) is 7.72. The van der Waals surface area contributed by atoms with E-state index in [1.165, 1.54) is 0 Å². The number of hydrogen-bond donors (Lipinski definition) is 1. The van der Waals surface area contributed by atoms with Gasteiger partial charge in [-0.15, -0.1) is 0 Å². The van der Waals surface area contributed by atoms with Gasteiger partial charge >= 0.3 is 0 Å². The monoisotopic (exact) mass is 340 g/mol. The Balaban J connectivity index is 2.30. The van der Waals surface area contributed by atoms with Gasteiger partial charge in [0, 0.05) is 30.6 Å². The number of nitrogens with two attached hydrogens (primary N) is 1. The molecule has 1 aromatic rings. The summed E-state index contributed by atoms with van der Waals surface area (Å²) < 4.78 is 6.16. The number of rotatable bonds is 4. The average Bonchev–Trinajstić information content (AvgIpc) is 2.57. The van der Waals surface area contributed by atoms with Crippen molar-refractivity contribution < 1.29 is 9.53 Å².